The largest absolute Gasteiger partial charge is 0.454 e. The number of hydrogen-bond acceptors (Lipinski definition) is 5. The van der Waals surface area contributed by atoms with E-state index >= 15 is 0 Å². The third-order valence-electron chi connectivity index (χ3n) is 11.4. The molecule has 0 atom stereocenters. The van der Waals surface area contributed by atoms with Crippen molar-refractivity contribution in [1.29, 1.82) is 5.26 Å². The Morgan fingerprint density at radius 1 is 0.424 bits per heavy atom. The van der Waals surface area contributed by atoms with Crippen LogP contribution in [0.2, 0.25) is 0 Å². The quantitative estimate of drug-likeness (QED) is 0.175. The molecule has 0 aliphatic rings. The fraction of sp³-hybridized carbons (Fsp3) is 0. The van der Waals surface area contributed by atoms with Crippen LogP contribution in [0.15, 0.2) is 186 Å². The standard InChI is InChI=1S/C52H30N6O/c53-31-35-28-34(52-55-50(32-14-4-1-5-15-32)54-51(56-52)33-16-6-2-7-17-33)24-27-43(35)58-45-23-13-11-21-38(45)41-29-42-40-26-25-39-37-20-10-12-22-44(37)57(36-18-8-3-9-19-36)48(39)49(40)59-47(42)30-46(41)58/h1-30H. The Balaban J connectivity index is 1.07. The van der Waals surface area contributed by atoms with Crippen LogP contribution in [-0.2, 0) is 0 Å². The van der Waals surface area contributed by atoms with Crippen molar-refractivity contribution in [3.05, 3.63) is 188 Å². The molecule has 0 saturated carbocycles. The Bertz CT molecular complexity index is 3610. The van der Waals surface area contributed by atoms with Crippen LogP contribution in [0.25, 0.3) is 111 Å². The highest BCUT2D eigenvalue weighted by Gasteiger charge is 2.22. The Morgan fingerprint density at radius 3 is 1.64 bits per heavy atom. The SMILES string of the molecule is N#Cc1cc(-c2nc(-c3ccccc3)nc(-c3ccccc3)n2)ccc1-n1c2ccccc2c2cc3c(cc21)oc1c3ccc2c3ccccc3n(-c3ccccc3)c21. The topological polar surface area (TPSA) is 85.5 Å². The maximum atomic E-state index is 10.8. The van der Waals surface area contributed by atoms with Gasteiger partial charge in [-0.25, -0.2) is 15.0 Å². The highest BCUT2D eigenvalue weighted by atomic mass is 16.3. The lowest BCUT2D eigenvalue weighted by Crippen LogP contribution is -2.02. The van der Waals surface area contributed by atoms with Gasteiger partial charge in [-0.15, -0.1) is 0 Å². The number of furan rings is 1. The van der Waals surface area contributed by atoms with E-state index in [4.69, 9.17) is 19.4 Å². The number of benzene rings is 8. The number of fused-ring (bicyclic) bond motifs is 10. The summed E-state index contributed by atoms with van der Waals surface area (Å²) in [5.74, 6) is 1.62. The summed E-state index contributed by atoms with van der Waals surface area (Å²) in [6.45, 7) is 0. The number of para-hydroxylation sites is 3. The van der Waals surface area contributed by atoms with Gasteiger partial charge >= 0.3 is 0 Å². The average molecular weight is 755 g/mol. The smallest absolute Gasteiger partial charge is 0.164 e. The van der Waals surface area contributed by atoms with E-state index in [0.29, 0.717) is 23.0 Å². The Labute approximate surface area is 337 Å². The molecule has 0 saturated heterocycles. The van der Waals surface area contributed by atoms with Gasteiger partial charge in [-0.2, -0.15) is 5.26 Å². The van der Waals surface area contributed by atoms with Crippen LogP contribution in [0.4, 0.5) is 0 Å². The summed E-state index contributed by atoms with van der Waals surface area (Å²) < 4.78 is 11.4. The lowest BCUT2D eigenvalue weighted by molar-refractivity contribution is 0.671. The molecular weight excluding hydrogens is 725 g/mol. The minimum absolute atomic E-state index is 0.492. The first-order valence-electron chi connectivity index (χ1n) is 19.5. The van der Waals surface area contributed by atoms with Crippen LogP contribution in [0.1, 0.15) is 5.56 Å². The fourth-order valence-electron chi connectivity index (χ4n) is 8.75. The van der Waals surface area contributed by atoms with Crippen LogP contribution in [0.5, 0.6) is 0 Å². The summed E-state index contributed by atoms with van der Waals surface area (Å²) in [5.41, 5.74) is 10.5. The molecule has 0 aliphatic carbocycles. The van der Waals surface area contributed by atoms with E-state index in [-0.39, 0.29) is 0 Å². The highest BCUT2D eigenvalue weighted by Crippen LogP contribution is 2.43. The summed E-state index contributed by atoms with van der Waals surface area (Å²) in [6.07, 6.45) is 0. The number of aromatic nitrogens is 5. The monoisotopic (exact) mass is 754 g/mol. The molecule has 0 bridgehead atoms. The molecule has 0 amide bonds. The number of nitrogens with zero attached hydrogens (tertiary/aromatic N) is 6. The van der Waals surface area contributed by atoms with Crippen LogP contribution >= 0.6 is 0 Å². The van der Waals surface area contributed by atoms with E-state index in [9.17, 15) is 5.26 Å². The zero-order valence-corrected chi connectivity index (χ0v) is 31.4. The van der Waals surface area contributed by atoms with E-state index in [1.54, 1.807) is 0 Å². The van der Waals surface area contributed by atoms with Crippen molar-refractivity contribution in [2.75, 3.05) is 0 Å². The highest BCUT2D eigenvalue weighted by molar-refractivity contribution is 6.24. The Kier molecular flexibility index (Phi) is 7.16. The number of hydrogen-bond donors (Lipinski definition) is 0. The van der Waals surface area contributed by atoms with Gasteiger partial charge in [-0.05, 0) is 54.6 Å². The van der Waals surface area contributed by atoms with Gasteiger partial charge < -0.3 is 13.6 Å². The van der Waals surface area contributed by atoms with Crippen LogP contribution in [0.3, 0.4) is 0 Å². The fourth-order valence-corrected chi connectivity index (χ4v) is 8.75. The maximum absolute atomic E-state index is 10.8. The van der Waals surface area contributed by atoms with Crippen molar-refractivity contribution >= 4 is 65.6 Å². The summed E-state index contributed by atoms with van der Waals surface area (Å²) in [4.78, 5) is 14.7. The molecule has 4 heterocycles. The van der Waals surface area contributed by atoms with Crippen molar-refractivity contribution in [1.82, 2.24) is 24.1 Å². The van der Waals surface area contributed by atoms with Crippen molar-refractivity contribution in [3.8, 4) is 51.6 Å². The summed E-state index contributed by atoms with van der Waals surface area (Å²) in [6, 6.07) is 64.3. The van der Waals surface area contributed by atoms with Gasteiger partial charge in [0.1, 0.15) is 11.7 Å². The minimum Gasteiger partial charge on any atom is -0.454 e. The average Bonchev–Trinajstić information content (AvgIpc) is 3.96. The predicted molar refractivity (Wildman–Crippen MR) is 237 cm³/mol. The van der Waals surface area contributed by atoms with Crippen molar-refractivity contribution in [2.24, 2.45) is 0 Å². The third-order valence-corrected chi connectivity index (χ3v) is 11.4. The lowest BCUT2D eigenvalue weighted by atomic mass is 10.1. The lowest BCUT2D eigenvalue weighted by Gasteiger charge is -2.12. The molecule has 0 aliphatic heterocycles. The van der Waals surface area contributed by atoms with E-state index in [0.717, 1.165) is 88.2 Å². The first-order valence-corrected chi connectivity index (χ1v) is 19.5. The van der Waals surface area contributed by atoms with E-state index in [1.165, 1.54) is 5.39 Å². The van der Waals surface area contributed by atoms with E-state index in [2.05, 4.69) is 106 Å². The van der Waals surface area contributed by atoms with Crippen LogP contribution < -0.4 is 0 Å². The first kappa shape index (κ1) is 32.9. The molecular formula is C52H30N6O. The molecule has 4 aromatic heterocycles. The van der Waals surface area contributed by atoms with Gasteiger partial charge in [-0.1, -0.05) is 121 Å². The molecule has 0 fully saturated rings. The Hall–Kier alpha value is -8.34. The molecule has 0 spiro atoms. The van der Waals surface area contributed by atoms with Crippen molar-refractivity contribution < 1.29 is 4.42 Å². The molecule has 7 heteroatoms. The van der Waals surface area contributed by atoms with Gasteiger partial charge in [0.15, 0.2) is 23.1 Å². The number of nitriles is 1. The summed E-state index contributed by atoms with van der Waals surface area (Å²) >= 11 is 0. The van der Waals surface area contributed by atoms with E-state index in [1.807, 2.05) is 91.0 Å². The second-order valence-corrected chi connectivity index (χ2v) is 14.7. The second-order valence-electron chi connectivity index (χ2n) is 14.7. The molecule has 8 aromatic carbocycles. The zero-order valence-electron chi connectivity index (χ0n) is 31.4. The molecule has 0 radical (unpaired) electrons. The molecule has 0 unspecified atom stereocenters. The Morgan fingerprint density at radius 2 is 0.983 bits per heavy atom. The van der Waals surface area contributed by atoms with Gasteiger partial charge in [-0.3, -0.25) is 0 Å². The second kappa shape index (κ2) is 12.8. The first-order chi connectivity index (χ1) is 29.2. The predicted octanol–water partition coefficient (Wildman–Crippen LogP) is 12.8. The molecule has 274 valence electrons. The molecule has 0 N–H and O–H groups in total. The van der Waals surface area contributed by atoms with Gasteiger partial charge in [0, 0.05) is 60.8 Å². The minimum atomic E-state index is 0.492. The molecule has 12 aromatic rings. The van der Waals surface area contributed by atoms with Crippen LogP contribution in [0, 0.1) is 11.3 Å². The number of rotatable bonds is 5. The summed E-state index contributed by atoms with van der Waals surface area (Å²) in [7, 11) is 0. The normalized spacial score (nSPS) is 11.7. The molecule has 7 nitrogen and oxygen atoms in total. The van der Waals surface area contributed by atoms with Gasteiger partial charge in [0.25, 0.3) is 0 Å². The molecule has 12 rings (SSSR count). The van der Waals surface area contributed by atoms with Gasteiger partial charge in [0.05, 0.1) is 33.3 Å². The van der Waals surface area contributed by atoms with Crippen LogP contribution in [-0.4, -0.2) is 24.1 Å². The van der Waals surface area contributed by atoms with Crippen molar-refractivity contribution in [2.45, 2.75) is 0 Å². The van der Waals surface area contributed by atoms with Crippen molar-refractivity contribution in [3.63, 3.8) is 0 Å². The van der Waals surface area contributed by atoms with E-state index < -0.39 is 0 Å². The zero-order chi connectivity index (χ0) is 39.0. The third kappa shape index (κ3) is 5.04. The molecule has 59 heavy (non-hydrogen) atoms. The summed E-state index contributed by atoms with van der Waals surface area (Å²) in [5, 5.41) is 17.4. The maximum Gasteiger partial charge on any atom is 0.164 e. The van der Waals surface area contributed by atoms with Gasteiger partial charge in [0.2, 0.25) is 0 Å².